The van der Waals surface area contributed by atoms with E-state index in [4.69, 9.17) is 4.42 Å². The topological polar surface area (TPSA) is 16.4 Å². The summed E-state index contributed by atoms with van der Waals surface area (Å²) in [5.74, 6) is 0. The molecule has 0 radical (unpaired) electrons. The highest BCUT2D eigenvalue weighted by atomic mass is 16.3. The largest absolute Gasteiger partial charge is 0.456 e. The summed E-state index contributed by atoms with van der Waals surface area (Å²) < 4.78 is 6.38. The van der Waals surface area contributed by atoms with Gasteiger partial charge in [-0.15, -0.1) is 0 Å². The Bertz CT molecular complexity index is 3150. The summed E-state index contributed by atoms with van der Waals surface area (Å²) in [4.78, 5) is 2.39. The van der Waals surface area contributed by atoms with E-state index in [2.05, 4.69) is 211 Å². The van der Waals surface area contributed by atoms with Gasteiger partial charge in [-0.05, 0) is 121 Å². The molecule has 0 N–H and O–H groups in total. The van der Waals surface area contributed by atoms with Crippen molar-refractivity contribution in [3.05, 3.63) is 212 Å². The molecule has 0 aliphatic rings. The van der Waals surface area contributed by atoms with Crippen molar-refractivity contribution in [3.63, 3.8) is 0 Å². The highest BCUT2D eigenvalue weighted by molar-refractivity contribution is 6.36. The van der Waals surface area contributed by atoms with Crippen molar-refractivity contribution in [1.82, 2.24) is 0 Å². The summed E-state index contributed by atoms with van der Waals surface area (Å²) >= 11 is 0. The number of fused-ring (bicyclic) bond motifs is 10. The number of para-hydroxylation sites is 2. The standard InChI is InChI=1S/C54H35NO/c1-4-16-36(17-5-1)39-32-40(37-18-6-2-7-19-37)35-43(34-39)55(41-21-8-3-9-22-41)42-23-14-20-38(33-42)44-27-15-28-46-48-30-31-51-54(49-26-12-13-29-50(49)56-51)53(48)47-25-11-10-24-45(47)52(44)46/h1-35H. The Morgan fingerprint density at radius 1 is 0.268 bits per heavy atom. The maximum Gasteiger partial charge on any atom is 0.136 e. The number of hydrogen-bond acceptors (Lipinski definition) is 2. The smallest absolute Gasteiger partial charge is 0.136 e. The second-order valence-corrected chi connectivity index (χ2v) is 14.5. The van der Waals surface area contributed by atoms with Crippen LogP contribution in [0.25, 0.3) is 87.6 Å². The molecule has 0 spiro atoms. The SMILES string of the molecule is c1ccc(-c2cc(-c3ccccc3)cc(N(c3ccccc3)c3cccc(-c4cccc5c6ccc7oc8ccccc8c7c6c6ccccc6c45)c3)c2)cc1. The van der Waals surface area contributed by atoms with Gasteiger partial charge in [0.2, 0.25) is 0 Å². The Morgan fingerprint density at radius 3 is 1.46 bits per heavy atom. The molecular formula is C54H35NO. The van der Waals surface area contributed by atoms with Gasteiger partial charge >= 0.3 is 0 Å². The van der Waals surface area contributed by atoms with Crippen molar-refractivity contribution in [2.24, 2.45) is 0 Å². The lowest BCUT2D eigenvalue weighted by atomic mass is 9.88. The fraction of sp³-hybridized carbons (Fsp3) is 0. The lowest BCUT2D eigenvalue weighted by molar-refractivity contribution is 0.669. The quantitative estimate of drug-likeness (QED) is 0.160. The molecule has 0 unspecified atom stereocenters. The van der Waals surface area contributed by atoms with E-state index in [9.17, 15) is 0 Å². The summed E-state index contributed by atoms with van der Waals surface area (Å²) in [5.41, 5.74) is 12.2. The van der Waals surface area contributed by atoms with Gasteiger partial charge in [0, 0.05) is 33.2 Å². The number of nitrogens with zero attached hydrogens (tertiary/aromatic N) is 1. The van der Waals surface area contributed by atoms with Crippen LogP contribution < -0.4 is 4.90 Å². The fourth-order valence-corrected chi connectivity index (χ4v) is 8.72. The third kappa shape index (κ3) is 5.26. The van der Waals surface area contributed by atoms with Gasteiger partial charge in [-0.2, -0.15) is 0 Å². The Hall–Kier alpha value is -7.42. The molecule has 2 heteroatoms. The third-order valence-corrected chi connectivity index (χ3v) is 11.2. The second kappa shape index (κ2) is 13.2. The molecule has 56 heavy (non-hydrogen) atoms. The molecular weight excluding hydrogens is 679 g/mol. The summed E-state index contributed by atoms with van der Waals surface area (Å²) in [6, 6.07) is 76.5. The molecule has 0 saturated heterocycles. The molecule has 0 amide bonds. The first-order valence-corrected chi connectivity index (χ1v) is 19.2. The number of benzene rings is 10. The van der Waals surface area contributed by atoms with Crippen molar-refractivity contribution in [2.75, 3.05) is 4.90 Å². The molecule has 1 heterocycles. The lowest BCUT2D eigenvalue weighted by Gasteiger charge is -2.27. The van der Waals surface area contributed by atoms with E-state index in [1.807, 2.05) is 6.07 Å². The van der Waals surface area contributed by atoms with Crippen molar-refractivity contribution in [1.29, 1.82) is 0 Å². The van der Waals surface area contributed by atoms with Crippen LogP contribution in [0.1, 0.15) is 0 Å². The molecule has 11 aromatic rings. The van der Waals surface area contributed by atoms with Gasteiger partial charge in [-0.1, -0.05) is 152 Å². The normalized spacial score (nSPS) is 11.6. The van der Waals surface area contributed by atoms with Crippen LogP contribution in [-0.2, 0) is 0 Å². The Balaban J connectivity index is 1.15. The van der Waals surface area contributed by atoms with E-state index >= 15 is 0 Å². The van der Waals surface area contributed by atoms with Crippen molar-refractivity contribution < 1.29 is 4.42 Å². The van der Waals surface area contributed by atoms with Crippen LogP contribution in [0.3, 0.4) is 0 Å². The van der Waals surface area contributed by atoms with Gasteiger partial charge in [0.25, 0.3) is 0 Å². The van der Waals surface area contributed by atoms with Gasteiger partial charge in [0.15, 0.2) is 0 Å². The molecule has 11 rings (SSSR count). The van der Waals surface area contributed by atoms with E-state index in [0.717, 1.165) is 39.2 Å². The van der Waals surface area contributed by atoms with Gasteiger partial charge in [-0.3, -0.25) is 0 Å². The molecule has 262 valence electrons. The van der Waals surface area contributed by atoms with Crippen LogP contribution in [0.15, 0.2) is 217 Å². The first-order chi connectivity index (χ1) is 27.8. The molecule has 1 aromatic heterocycles. The monoisotopic (exact) mass is 713 g/mol. The lowest BCUT2D eigenvalue weighted by Crippen LogP contribution is -2.10. The van der Waals surface area contributed by atoms with E-state index in [1.54, 1.807) is 0 Å². The molecule has 0 aliphatic carbocycles. The molecule has 0 atom stereocenters. The van der Waals surface area contributed by atoms with E-state index < -0.39 is 0 Å². The molecule has 0 saturated carbocycles. The Kier molecular flexibility index (Phi) is 7.53. The summed E-state index contributed by atoms with van der Waals surface area (Å²) in [6.07, 6.45) is 0. The first kappa shape index (κ1) is 32.0. The van der Waals surface area contributed by atoms with Crippen LogP contribution in [0.2, 0.25) is 0 Å². The van der Waals surface area contributed by atoms with Gasteiger partial charge in [0.1, 0.15) is 11.2 Å². The molecule has 0 bridgehead atoms. The predicted molar refractivity (Wildman–Crippen MR) is 237 cm³/mol. The van der Waals surface area contributed by atoms with E-state index in [1.165, 1.54) is 65.5 Å². The zero-order valence-corrected chi connectivity index (χ0v) is 30.6. The van der Waals surface area contributed by atoms with Crippen molar-refractivity contribution in [2.45, 2.75) is 0 Å². The van der Waals surface area contributed by atoms with Gasteiger partial charge in [-0.25, -0.2) is 0 Å². The third-order valence-electron chi connectivity index (χ3n) is 11.2. The van der Waals surface area contributed by atoms with Gasteiger partial charge in [0.05, 0.1) is 0 Å². The van der Waals surface area contributed by atoms with Crippen molar-refractivity contribution >= 4 is 71.3 Å². The minimum atomic E-state index is 0.915. The summed E-state index contributed by atoms with van der Waals surface area (Å²) in [5, 5.41) is 9.74. The van der Waals surface area contributed by atoms with E-state index in [-0.39, 0.29) is 0 Å². The molecule has 10 aromatic carbocycles. The molecule has 0 aliphatic heterocycles. The van der Waals surface area contributed by atoms with Crippen LogP contribution in [0.4, 0.5) is 17.1 Å². The van der Waals surface area contributed by atoms with E-state index in [0.29, 0.717) is 0 Å². The average Bonchev–Trinajstić information content (AvgIpc) is 3.66. The van der Waals surface area contributed by atoms with Crippen LogP contribution >= 0.6 is 0 Å². The Morgan fingerprint density at radius 2 is 0.768 bits per heavy atom. The minimum Gasteiger partial charge on any atom is -0.456 e. The fourth-order valence-electron chi connectivity index (χ4n) is 8.72. The van der Waals surface area contributed by atoms with Crippen LogP contribution in [-0.4, -0.2) is 0 Å². The number of hydrogen-bond donors (Lipinski definition) is 0. The first-order valence-electron chi connectivity index (χ1n) is 19.2. The average molecular weight is 714 g/mol. The summed E-state index contributed by atoms with van der Waals surface area (Å²) in [7, 11) is 0. The Labute approximate surface area is 325 Å². The number of furan rings is 1. The zero-order valence-electron chi connectivity index (χ0n) is 30.6. The molecule has 0 fully saturated rings. The van der Waals surface area contributed by atoms with Crippen molar-refractivity contribution in [3.8, 4) is 33.4 Å². The molecule has 2 nitrogen and oxygen atoms in total. The number of rotatable bonds is 6. The maximum atomic E-state index is 6.38. The van der Waals surface area contributed by atoms with Gasteiger partial charge < -0.3 is 9.32 Å². The number of anilines is 3. The highest BCUT2D eigenvalue weighted by Gasteiger charge is 2.20. The predicted octanol–water partition coefficient (Wildman–Crippen LogP) is 15.5. The zero-order chi connectivity index (χ0) is 37.0. The van der Waals surface area contributed by atoms with Crippen LogP contribution in [0, 0.1) is 0 Å². The second-order valence-electron chi connectivity index (χ2n) is 14.5. The minimum absolute atomic E-state index is 0.915. The maximum absolute atomic E-state index is 6.38. The summed E-state index contributed by atoms with van der Waals surface area (Å²) in [6.45, 7) is 0. The van der Waals surface area contributed by atoms with Crippen LogP contribution in [0.5, 0.6) is 0 Å². The highest BCUT2D eigenvalue weighted by Crippen LogP contribution is 2.46.